The Balaban J connectivity index is 2.23. The Kier molecular flexibility index (Phi) is 3.11. The first-order valence-corrected chi connectivity index (χ1v) is 6.87. The van der Waals surface area contributed by atoms with Crippen molar-refractivity contribution in [3.05, 3.63) is 6.20 Å². The van der Waals surface area contributed by atoms with Crippen molar-refractivity contribution in [1.82, 2.24) is 14.1 Å². The summed E-state index contributed by atoms with van der Waals surface area (Å²) in [5, 5.41) is 12.8. The summed E-state index contributed by atoms with van der Waals surface area (Å²) < 4.78 is 27.1. The average molecular weight is 260 g/mol. The maximum Gasteiger partial charge on any atom is 0.248 e. The Morgan fingerprint density at radius 3 is 2.71 bits per heavy atom. The van der Waals surface area contributed by atoms with E-state index in [1.165, 1.54) is 15.2 Å². The van der Waals surface area contributed by atoms with Gasteiger partial charge in [0.25, 0.3) is 0 Å². The first kappa shape index (κ1) is 12.3. The van der Waals surface area contributed by atoms with Gasteiger partial charge in [-0.1, -0.05) is 0 Å². The first-order chi connectivity index (χ1) is 7.98. The van der Waals surface area contributed by atoms with E-state index in [9.17, 15) is 8.42 Å². The summed E-state index contributed by atoms with van der Waals surface area (Å²) in [5.41, 5.74) is 5.60. The summed E-state index contributed by atoms with van der Waals surface area (Å²) >= 11 is 0. The van der Waals surface area contributed by atoms with Gasteiger partial charge in [-0.05, 0) is 6.92 Å². The second-order valence-electron chi connectivity index (χ2n) is 4.10. The molecule has 0 saturated carbocycles. The molecule has 1 aromatic rings. The van der Waals surface area contributed by atoms with Crippen LogP contribution in [0.5, 0.6) is 0 Å². The second kappa shape index (κ2) is 4.28. The molecule has 1 aliphatic rings. The van der Waals surface area contributed by atoms with Gasteiger partial charge in [-0.3, -0.25) is 4.68 Å². The predicted molar refractivity (Wildman–Crippen MR) is 61.6 cm³/mol. The predicted octanol–water partition coefficient (Wildman–Crippen LogP) is -0.902. The molecule has 3 N–H and O–H groups in total. The maximum atomic E-state index is 12.1. The standard InChI is InChI=1S/C9H16N4O3S/c1-2-12-5-8(9(10)11-12)17(15,16)13-3-7(4-13)6-14/h5,7,14H,2-4,6H2,1H3,(H2,10,11). The zero-order chi connectivity index (χ0) is 12.6. The van der Waals surface area contributed by atoms with Crippen LogP contribution in [0.2, 0.25) is 0 Å². The van der Waals surface area contributed by atoms with Crippen molar-refractivity contribution >= 4 is 15.8 Å². The number of sulfonamides is 1. The molecule has 0 atom stereocenters. The number of nitrogen functional groups attached to an aromatic ring is 1. The van der Waals surface area contributed by atoms with Gasteiger partial charge >= 0.3 is 0 Å². The number of aliphatic hydroxyl groups is 1. The third-order valence-electron chi connectivity index (χ3n) is 2.88. The van der Waals surface area contributed by atoms with Gasteiger partial charge in [0.15, 0.2) is 5.82 Å². The number of nitrogens with zero attached hydrogens (tertiary/aromatic N) is 3. The molecule has 1 fully saturated rings. The largest absolute Gasteiger partial charge is 0.396 e. The van der Waals surface area contributed by atoms with E-state index in [0.29, 0.717) is 19.6 Å². The minimum Gasteiger partial charge on any atom is -0.396 e. The molecule has 2 rings (SSSR count). The number of hydrogen-bond donors (Lipinski definition) is 2. The Bertz CT molecular complexity index is 504. The van der Waals surface area contributed by atoms with Gasteiger partial charge in [0.1, 0.15) is 4.90 Å². The van der Waals surface area contributed by atoms with Gasteiger partial charge in [-0.15, -0.1) is 0 Å². The highest BCUT2D eigenvalue weighted by Crippen LogP contribution is 2.27. The van der Waals surface area contributed by atoms with E-state index in [1.54, 1.807) is 0 Å². The normalized spacial score (nSPS) is 18.2. The molecular weight excluding hydrogens is 244 g/mol. The van der Waals surface area contributed by atoms with E-state index in [1.807, 2.05) is 6.92 Å². The van der Waals surface area contributed by atoms with Crippen molar-refractivity contribution in [2.75, 3.05) is 25.4 Å². The Hall–Kier alpha value is -1.12. The van der Waals surface area contributed by atoms with E-state index in [4.69, 9.17) is 10.8 Å². The van der Waals surface area contributed by atoms with Gasteiger partial charge in [-0.25, -0.2) is 8.42 Å². The highest BCUT2D eigenvalue weighted by Gasteiger charge is 2.38. The van der Waals surface area contributed by atoms with E-state index in [2.05, 4.69) is 5.10 Å². The Morgan fingerprint density at radius 1 is 1.59 bits per heavy atom. The lowest BCUT2D eigenvalue weighted by Gasteiger charge is -2.36. The van der Waals surface area contributed by atoms with E-state index in [-0.39, 0.29) is 23.2 Å². The number of rotatable bonds is 4. The van der Waals surface area contributed by atoms with Crippen LogP contribution in [0.1, 0.15) is 6.92 Å². The molecule has 0 bridgehead atoms. The Morgan fingerprint density at radius 2 is 2.24 bits per heavy atom. The monoisotopic (exact) mass is 260 g/mol. The van der Waals surface area contributed by atoms with E-state index in [0.717, 1.165) is 0 Å². The molecule has 0 amide bonds. The molecule has 96 valence electrons. The van der Waals surface area contributed by atoms with Gasteiger partial charge in [-0.2, -0.15) is 9.40 Å². The molecule has 7 nitrogen and oxygen atoms in total. The van der Waals surface area contributed by atoms with Crippen LogP contribution >= 0.6 is 0 Å². The lowest BCUT2D eigenvalue weighted by molar-refractivity contribution is 0.117. The van der Waals surface area contributed by atoms with Crippen LogP contribution in [0.3, 0.4) is 0 Å². The summed E-state index contributed by atoms with van der Waals surface area (Å²) in [6, 6.07) is 0. The highest BCUT2D eigenvalue weighted by atomic mass is 32.2. The summed E-state index contributed by atoms with van der Waals surface area (Å²) in [5.74, 6) is 0.0616. The zero-order valence-corrected chi connectivity index (χ0v) is 10.4. The van der Waals surface area contributed by atoms with Crippen LogP contribution in [0, 0.1) is 5.92 Å². The molecule has 1 aliphatic heterocycles. The van der Waals surface area contributed by atoms with Gasteiger partial charge < -0.3 is 10.8 Å². The second-order valence-corrected chi connectivity index (χ2v) is 6.01. The first-order valence-electron chi connectivity index (χ1n) is 5.43. The summed E-state index contributed by atoms with van der Waals surface area (Å²) in [6.45, 7) is 3.12. The number of anilines is 1. The topological polar surface area (TPSA) is 101 Å². The lowest BCUT2D eigenvalue weighted by atomic mass is 10.1. The molecule has 0 radical (unpaired) electrons. The van der Waals surface area contributed by atoms with Crippen molar-refractivity contribution in [3.63, 3.8) is 0 Å². The molecule has 0 aliphatic carbocycles. The van der Waals surface area contributed by atoms with Gasteiger partial charge in [0.05, 0.1) is 0 Å². The SMILES string of the molecule is CCn1cc(S(=O)(=O)N2CC(CO)C2)c(N)n1. The number of hydrogen-bond acceptors (Lipinski definition) is 5. The quantitative estimate of drug-likeness (QED) is 0.730. The highest BCUT2D eigenvalue weighted by molar-refractivity contribution is 7.89. The van der Waals surface area contributed by atoms with Crippen LogP contribution in [-0.4, -0.2) is 47.3 Å². The van der Waals surface area contributed by atoms with Crippen molar-refractivity contribution < 1.29 is 13.5 Å². The molecule has 0 unspecified atom stereocenters. The zero-order valence-electron chi connectivity index (χ0n) is 9.57. The summed E-state index contributed by atoms with van der Waals surface area (Å²) in [4.78, 5) is 0.0516. The molecule has 1 saturated heterocycles. The average Bonchev–Trinajstić information content (AvgIpc) is 2.58. The molecule has 17 heavy (non-hydrogen) atoms. The van der Waals surface area contributed by atoms with Gasteiger partial charge in [0.2, 0.25) is 10.0 Å². The third kappa shape index (κ3) is 2.03. The van der Waals surface area contributed by atoms with Crippen LogP contribution in [0.4, 0.5) is 5.82 Å². The molecule has 8 heteroatoms. The number of aryl methyl sites for hydroxylation is 1. The maximum absolute atomic E-state index is 12.1. The fraction of sp³-hybridized carbons (Fsp3) is 0.667. The molecule has 0 spiro atoms. The van der Waals surface area contributed by atoms with Crippen molar-refractivity contribution in [2.24, 2.45) is 5.92 Å². The minimum absolute atomic E-state index is 0.00965. The van der Waals surface area contributed by atoms with Crippen molar-refractivity contribution in [2.45, 2.75) is 18.4 Å². The lowest BCUT2D eigenvalue weighted by Crippen LogP contribution is -2.51. The van der Waals surface area contributed by atoms with Crippen LogP contribution in [-0.2, 0) is 16.6 Å². The van der Waals surface area contributed by atoms with Gasteiger partial charge in [0, 0.05) is 38.4 Å². The minimum atomic E-state index is -3.55. The smallest absolute Gasteiger partial charge is 0.248 e. The number of aromatic nitrogens is 2. The molecule has 0 aromatic carbocycles. The van der Waals surface area contributed by atoms with Crippen molar-refractivity contribution in [1.29, 1.82) is 0 Å². The molecule has 1 aromatic heterocycles. The Labute approximate surface area is 99.9 Å². The van der Waals surface area contributed by atoms with Crippen LogP contribution < -0.4 is 5.73 Å². The van der Waals surface area contributed by atoms with E-state index < -0.39 is 10.0 Å². The summed E-state index contributed by atoms with van der Waals surface area (Å²) in [6.07, 6.45) is 1.44. The fourth-order valence-electron chi connectivity index (χ4n) is 1.75. The molecule has 2 heterocycles. The summed E-state index contributed by atoms with van der Waals surface area (Å²) in [7, 11) is -3.55. The molecular formula is C9H16N4O3S. The van der Waals surface area contributed by atoms with E-state index >= 15 is 0 Å². The number of aliphatic hydroxyl groups excluding tert-OH is 1. The number of nitrogens with two attached hydrogens (primary N) is 1. The van der Waals surface area contributed by atoms with Crippen molar-refractivity contribution in [3.8, 4) is 0 Å². The third-order valence-corrected chi connectivity index (χ3v) is 4.73. The fourth-order valence-corrected chi connectivity index (χ4v) is 3.40. The van der Waals surface area contributed by atoms with Crippen LogP contribution in [0.15, 0.2) is 11.1 Å². The van der Waals surface area contributed by atoms with Crippen LogP contribution in [0.25, 0.3) is 0 Å².